The summed E-state index contributed by atoms with van der Waals surface area (Å²) in [7, 11) is 1.64. The van der Waals surface area contributed by atoms with Gasteiger partial charge in [0.05, 0.1) is 13.0 Å². The summed E-state index contributed by atoms with van der Waals surface area (Å²) in [5, 5.41) is 4.04. The maximum Gasteiger partial charge on any atom is 0.231 e. The zero-order valence-electron chi connectivity index (χ0n) is 10.9. The molecule has 2 atom stereocenters. The van der Waals surface area contributed by atoms with E-state index in [4.69, 9.17) is 15.0 Å². The minimum atomic E-state index is 0.138. The average molecular weight is 259 g/mol. The van der Waals surface area contributed by atoms with Gasteiger partial charge < -0.3 is 15.0 Å². The van der Waals surface area contributed by atoms with E-state index in [0.717, 1.165) is 30.6 Å². The predicted molar refractivity (Wildman–Crippen MR) is 70.9 cm³/mol. The molecule has 2 unspecified atom stereocenters. The highest BCUT2D eigenvalue weighted by Gasteiger charge is 2.30. The van der Waals surface area contributed by atoms with E-state index >= 15 is 0 Å². The zero-order chi connectivity index (χ0) is 13.2. The second-order valence-corrected chi connectivity index (χ2v) is 4.89. The van der Waals surface area contributed by atoms with E-state index in [1.165, 1.54) is 0 Å². The first-order valence-corrected chi connectivity index (χ1v) is 6.51. The molecule has 3 rings (SSSR count). The molecule has 0 bridgehead atoms. The zero-order valence-corrected chi connectivity index (χ0v) is 10.9. The Morgan fingerprint density at radius 3 is 3.00 bits per heavy atom. The van der Waals surface area contributed by atoms with E-state index in [1.807, 2.05) is 24.3 Å². The summed E-state index contributed by atoms with van der Waals surface area (Å²) in [6.45, 7) is 0. The Bertz CT molecular complexity index is 567. The average Bonchev–Trinajstić information content (AvgIpc) is 3.07. The number of rotatable bonds is 3. The molecule has 0 amide bonds. The van der Waals surface area contributed by atoms with E-state index in [1.54, 1.807) is 7.11 Å². The lowest BCUT2D eigenvalue weighted by Crippen LogP contribution is -2.22. The van der Waals surface area contributed by atoms with Crippen LogP contribution >= 0.6 is 0 Å². The Labute approximate surface area is 111 Å². The van der Waals surface area contributed by atoms with E-state index in [2.05, 4.69) is 10.1 Å². The number of ether oxygens (including phenoxy) is 1. The molecule has 0 spiro atoms. The smallest absolute Gasteiger partial charge is 0.231 e. The molecule has 0 saturated heterocycles. The van der Waals surface area contributed by atoms with Gasteiger partial charge in [0, 0.05) is 11.6 Å². The second-order valence-electron chi connectivity index (χ2n) is 4.89. The van der Waals surface area contributed by atoms with Crippen molar-refractivity contribution in [1.82, 2.24) is 10.1 Å². The van der Waals surface area contributed by atoms with Gasteiger partial charge in [-0.2, -0.15) is 4.98 Å². The van der Waals surface area contributed by atoms with Gasteiger partial charge >= 0.3 is 0 Å². The van der Waals surface area contributed by atoms with Crippen molar-refractivity contribution in [3.05, 3.63) is 30.2 Å². The van der Waals surface area contributed by atoms with E-state index in [9.17, 15) is 0 Å². The van der Waals surface area contributed by atoms with Crippen molar-refractivity contribution in [2.24, 2.45) is 5.73 Å². The number of aromatic nitrogens is 2. The molecular weight excluding hydrogens is 242 g/mol. The molecule has 100 valence electrons. The van der Waals surface area contributed by atoms with Crippen LogP contribution in [0.4, 0.5) is 0 Å². The van der Waals surface area contributed by atoms with Crippen LogP contribution < -0.4 is 10.5 Å². The Balaban J connectivity index is 1.88. The molecular formula is C14H17N3O2. The monoisotopic (exact) mass is 259 g/mol. The van der Waals surface area contributed by atoms with Crippen molar-refractivity contribution in [2.75, 3.05) is 7.11 Å². The summed E-state index contributed by atoms with van der Waals surface area (Å²) in [6, 6.07) is 7.76. The molecule has 1 aromatic carbocycles. The number of nitrogens with two attached hydrogens (primary N) is 1. The van der Waals surface area contributed by atoms with Crippen molar-refractivity contribution in [3.63, 3.8) is 0 Å². The van der Waals surface area contributed by atoms with Gasteiger partial charge in [-0.3, -0.25) is 0 Å². The highest BCUT2D eigenvalue weighted by Crippen LogP contribution is 2.33. The van der Waals surface area contributed by atoms with Gasteiger partial charge in [-0.1, -0.05) is 23.7 Å². The molecule has 1 aliphatic carbocycles. The van der Waals surface area contributed by atoms with Crippen LogP contribution in [0.1, 0.15) is 31.1 Å². The molecule has 1 aromatic heterocycles. The van der Waals surface area contributed by atoms with Crippen molar-refractivity contribution in [1.29, 1.82) is 0 Å². The lowest BCUT2D eigenvalue weighted by molar-refractivity contribution is 0.345. The number of hydrogen-bond donors (Lipinski definition) is 1. The Morgan fingerprint density at radius 2 is 2.26 bits per heavy atom. The quantitative estimate of drug-likeness (QED) is 0.915. The Hall–Kier alpha value is -1.88. The molecule has 0 radical (unpaired) electrons. The first-order valence-electron chi connectivity index (χ1n) is 6.51. The van der Waals surface area contributed by atoms with Crippen LogP contribution in [0.5, 0.6) is 5.75 Å². The van der Waals surface area contributed by atoms with Crippen molar-refractivity contribution >= 4 is 0 Å². The molecule has 1 aliphatic rings. The van der Waals surface area contributed by atoms with E-state index in [-0.39, 0.29) is 12.0 Å². The third kappa shape index (κ3) is 2.33. The van der Waals surface area contributed by atoms with Crippen LogP contribution in [-0.2, 0) is 0 Å². The molecule has 1 saturated carbocycles. The largest absolute Gasteiger partial charge is 0.497 e. The summed E-state index contributed by atoms with van der Waals surface area (Å²) in [5.41, 5.74) is 6.95. The van der Waals surface area contributed by atoms with Crippen molar-refractivity contribution in [3.8, 4) is 17.1 Å². The fourth-order valence-electron chi connectivity index (χ4n) is 2.56. The minimum absolute atomic E-state index is 0.138. The maximum absolute atomic E-state index is 6.06. The normalized spacial score (nSPS) is 22.6. The van der Waals surface area contributed by atoms with Gasteiger partial charge in [0.15, 0.2) is 0 Å². The van der Waals surface area contributed by atoms with Crippen molar-refractivity contribution in [2.45, 2.75) is 31.2 Å². The molecule has 2 aromatic rings. The lowest BCUT2D eigenvalue weighted by Gasteiger charge is -2.08. The Morgan fingerprint density at radius 1 is 1.37 bits per heavy atom. The summed E-state index contributed by atoms with van der Waals surface area (Å²) in [5.74, 6) is 2.23. The summed E-state index contributed by atoms with van der Waals surface area (Å²) in [6.07, 6.45) is 3.19. The summed E-state index contributed by atoms with van der Waals surface area (Å²) >= 11 is 0. The predicted octanol–water partition coefficient (Wildman–Crippen LogP) is 2.34. The van der Waals surface area contributed by atoms with Crippen LogP contribution in [0.3, 0.4) is 0 Å². The van der Waals surface area contributed by atoms with Crippen molar-refractivity contribution < 1.29 is 9.26 Å². The van der Waals surface area contributed by atoms with Gasteiger partial charge in [-0.05, 0) is 25.0 Å². The van der Waals surface area contributed by atoms with Crippen LogP contribution in [0.15, 0.2) is 28.8 Å². The number of methoxy groups -OCH3 is 1. The van der Waals surface area contributed by atoms with Gasteiger partial charge in [0.1, 0.15) is 5.75 Å². The molecule has 19 heavy (non-hydrogen) atoms. The molecule has 2 N–H and O–H groups in total. The van der Waals surface area contributed by atoms with Crippen LogP contribution in [0, 0.1) is 0 Å². The molecule has 1 heterocycles. The first kappa shape index (κ1) is 12.2. The maximum atomic E-state index is 6.06. The van der Waals surface area contributed by atoms with E-state index < -0.39 is 0 Å². The number of hydrogen-bond acceptors (Lipinski definition) is 5. The Kier molecular flexibility index (Phi) is 3.21. The summed E-state index contributed by atoms with van der Waals surface area (Å²) < 4.78 is 10.6. The minimum Gasteiger partial charge on any atom is -0.497 e. The van der Waals surface area contributed by atoms with Crippen LogP contribution in [0.25, 0.3) is 11.4 Å². The van der Waals surface area contributed by atoms with E-state index in [0.29, 0.717) is 11.7 Å². The lowest BCUT2D eigenvalue weighted by atomic mass is 10.1. The fraction of sp³-hybridized carbons (Fsp3) is 0.429. The first-order chi connectivity index (χ1) is 9.28. The van der Waals surface area contributed by atoms with Gasteiger partial charge in [-0.25, -0.2) is 0 Å². The number of nitrogens with zero attached hydrogens (tertiary/aromatic N) is 2. The van der Waals surface area contributed by atoms with Gasteiger partial charge in [0.2, 0.25) is 11.7 Å². The molecule has 1 fully saturated rings. The molecule has 0 aliphatic heterocycles. The molecule has 5 nitrogen and oxygen atoms in total. The molecule has 5 heteroatoms. The highest BCUT2D eigenvalue weighted by atomic mass is 16.5. The number of benzene rings is 1. The SMILES string of the molecule is COc1cccc(-c2noc(C3CCCC3N)n2)c1. The van der Waals surface area contributed by atoms with Gasteiger partial charge in [-0.15, -0.1) is 0 Å². The van der Waals surface area contributed by atoms with Gasteiger partial charge in [0.25, 0.3) is 0 Å². The fourth-order valence-corrected chi connectivity index (χ4v) is 2.56. The summed E-state index contributed by atoms with van der Waals surface area (Å²) in [4.78, 5) is 4.47. The second kappa shape index (κ2) is 5.01. The van der Waals surface area contributed by atoms with Crippen LogP contribution in [-0.4, -0.2) is 23.3 Å². The third-order valence-electron chi connectivity index (χ3n) is 3.66. The third-order valence-corrected chi connectivity index (χ3v) is 3.66. The standard InChI is InChI=1S/C14H17N3O2/c1-18-10-5-2-4-9(8-10)13-16-14(19-17-13)11-6-3-7-12(11)15/h2,4-5,8,11-12H,3,6-7,15H2,1H3. The highest BCUT2D eigenvalue weighted by molar-refractivity contribution is 5.56. The van der Waals surface area contributed by atoms with Crippen LogP contribution in [0.2, 0.25) is 0 Å². The topological polar surface area (TPSA) is 74.2 Å².